The molecule has 2 aliphatic carbocycles. The maximum Gasteiger partial charge on any atom is 0.411 e. The van der Waals surface area contributed by atoms with Crippen LogP contribution in [0.15, 0.2) is 24.8 Å². The number of fused-ring (bicyclic) bond motifs is 1. The molecule has 0 bridgehead atoms. The summed E-state index contributed by atoms with van der Waals surface area (Å²) in [5.74, 6) is -2.28. The van der Waals surface area contributed by atoms with Gasteiger partial charge in [0.05, 0.1) is 12.5 Å². The molecular weight excluding hydrogens is 415 g/mol. The molecule has 3 rings (SSSR count). The van der Waals surface area contributed by atoms with Crippen LogP contribution in [-0.2, 0) is 36.4 Å². The summed E-state index contributed by atoms with van der Waals surface area (Å²) in [4.78, 5) is 39.9. The van der Waals surface area contributed by atoms with E-state index in [0.717, 1.165) is 0 Å². The number of hydrogen-bond acceptors (Lipinski definition) is 5. The van der Waals surface area contributed by atoms with Crippen molar-refractivity contribution >= 4 is 18.0 Å². The Hall–Kier alpha value is -2.90. The molecule has 0 radical (unpaired) electrons. The number of rotatable bonds is 6. The molecule has 1 aromatic rings. The number of nitrogens with two attached hydrogens (primary N) is 1. The van der Waals surface area contributed by atoms with Gasteiger partial charge in [0.2, 0.25) is 5.91 Å². The lowest BCUT2D eigenvalue weighted by molar-refractivity contribution is -0.158. The molecule has 7 nitrogen and oxygen atoms in total. The Morgan fingerprint density at radius 1 is 1.28 bits per heavy atom. The summed E-state index contributed by atoms with van der Waals surface area (Å²) in [5, 5.41) is 0. The number of halogens is 1. The van der Waals surface area contributed by atoms with Crippen LogP contribution in [0, 0.1) is 11.7 Å². The van der Waals surface area contributed by atoms with E-state index in [9.17, 15) is 14.4 Å². The zero-order valence-electron chi connectivity index (χ0n) is 19.3. The van der Waals surface area contributed by atoms with Gasteiger partial charge < -0.3 is 15.2 Å². The molecule has 0 saturated heterocycles. The molecule has 0 spiro atoms. The number of hydrogen-bond donors (Lipinski definition) is 1. The van der Waals surface area contributed by atoms with Crippen molar-refractivity contribution in [3.05, 3.63) is 47.3 Å². The van der Waals surface area contributed by atoms with Crippen LogP contribution >= 0.6 is 0 Å². The summed E-state index contributed by atoms with van der Waals surface area (Å²) in [7, 11) is 2.71. The number of nitrogens with zero attached hydrogens (tertiary/aromatic N) is 1. The van der Waals surface area contributed by atoms with Crippen LogP contribution in [0.3, 0.4) is 0 Å². The summed E-state index contributed by atoms with van der Waals surface area (Å²) in [6, 6.07) is 2.86. The van der Waals surface area contributed by atoms with Crippen LogP contribution in [0.1, 0.15) is 56.7 Å². The average molecular weight is 447 g/mol. The summed E-state index contributed by atoms with van der Waals surface area (Å²) in [6.07, 6.45) is 2.49. The number of primary amides is 1. The van der Waals surface area contributed by atoms with Gasteiger partial charge in [-0.2, -0.15) is 0 Å². The SMILES string of the molecule is C=CC[C@H]1Cc2cc(F)c(C3(C(N)=O)CC3)cc2[C@]1(C(=O)OC)N(C)C(=O)OC(C)(C)C. The Morgan fingerprint density at radius 3 is 2.38 bits per heavy atom. The highest BCUT2D eigenvalue weighted by molar-refractivity contribution is 5.92. The van der Waals surface area contributed by atoms with Crippen molar-refractivity contribution in [2.75, 3.05) is 14.2 Å². The number of likely N-dealkylation sites (N-methyl/N-ethyl adjacent to an activating group) is 1. The Labute approximate surface area is 187 Å². The molecule has 0 unspecified atom stereocenters. The molecule has 2 N–H and O–H groups in total. The van der Waals surface area contributed by atoms with E-state index in [1.54, 1.807) is 26.8 Å². The Kier molecular flexibility index (Phi) is 5.87. The fourth-order valence-corrected chi connectivity index (χ4v) is 4.86. The summed E-state index contributed by atoms with van der Waals surface area (Å²) in [6.45, 7) is 8.97. The van der Waals surface area contributed by atoms with Crippen molar-refractivity contribution in [1.29, 1.82) is 0 Å². The molecule has 32 heavy (non-hydrogen) atoms. The first-order chi connectivity index (χ1) is 14.8. The second-order valence-corrected chi connectivity index (χ2v) is 9.66. The van der Waals surface area contributed by atoms with Gasteiger partial charge in [0.15, 0.2) is 5.54 Å². The first kappa shape index (κ1) is 23.8. The van der Waals surface area contributed by atoms with E-state index in [2.05, 4.69) is 6.58 Å². The number of ether oxygens (including phenoxy) is 2. The van der Waals surface area contributed by atoms with Crippen LogP contribution in [0.4, 0.5) is 9.18 Å². The molecule has 1 aromatic carbocycles. The Morgan fingerprint density at radius 2 is 1.91 bits per heavy atom. The normalized spacial score (nSPS) is 23.1. The molecule has 2 aliphatic rings. The van der Waals surface area contributed by atoms with Crippen molar-refractivity contribution < 1.29 is 28.2 Å². The van der Waals surface area contributed by atoms with Gasteiger partial charge in [-0.3, -0.25) is 9.69 Å². The van der Waals surface area contributed by atoms with Crippen LogP contribution in [0.2, 0.25) is 0 Å². The van der Waals surface area contributed by atoms with E-state index < -0.39 is 46.3 Å². The lowest BCUT2D eigenvalue weighted by Crippen LogP contribution is -2.57. The van der Waals surface area contributed by atoms with Crippen molar-refractivity contribution in [3.8, 4) is 0 Å². The molecule has 2 atom stereocenters. The number of allylic oxidation sites excluding steroid dienone is 1. The number of methoxy groups -OCH3 is 1. The minimum absolute atomic E-state index is 0.147. The smallest absolute Gasteiger partial charge is 0.411 e. The van der Waals surface area contributed by atoms with E-state index >= 15 is 4.39 Å². The van der Waals surface area contributed by atoms with Crippen molar-refractivity contribution in [1.82, 2.24) is 4.90 Å². The van der Waals surface area contributed by atoms with Gasteiger partial charge in [0, 0.05) is 18.5 Å². The Bertz CT molecular complexity index is 979. The monoisotopic (exact) mass is 446 g/mol. The van der Waals surface area contributed by atoms with Gasteiger partial charge in [-0.05, 0) is 69.7 Å². The second kappa shape index (κ2) is 7.90. The van der Waals surface area contributed by atoms with Gasteiger partial charge in [-0.15, -0.1) is 6.58 Å². The van der Waals surface area contributed by atoms with Crippen molar-refractivity contribution in [2.24, 2.45) is 11.7 Å². The van der Waals surface area contributed by atoms with E-state index in [0.29, 0.717) is 36.8 Å². The zero-order valence-corrected chi connectivity index (χ0v) is 19.3. The summed E-state index contributed by atoms with van der Waals surface area (Å²) < 4.78 is 25.9. The molecule has 0 aromatic heterocycles. The Balaban J connectivity index is 2.26. The molecule has 0 heterocycles. The molecule has 2 amide bonds. The highest BCUT2D eigenvalue weighted by Crippen LogP contribution is 2.54. The number of carbonyl (C=O) groups excluding carboxylic acids is 3. The lowest BCUT2D eigenvalue weighted by Gasteiger charge is -2.41. The van der Waals surface area contributed by atoms with Gasteiger partial charge >= 0.3 is 12.1 Å². The molecule has 8 heteroatoms. The maximum atomic E-state index is 15.1. The number of benzene rings is 1. The van der Waals surface area contributed by atoms with Gasteiger partial charge in [-0.1, -0.05) is 6.08 Å². The van der Waals surface area contributed by atoms with E-state index in [-0.39, 0.29) is 5.56 Å². The molecular formula is C24H31FN2O5. The second-order valence-electron chi connectivity index (χ2n) is 9.66. The third-order valence-electron chi connectivity index (χ3n) is 6.54. The third kappa shape index (κ3) is 3.55. The number of carbonyl (C=O) groups is 3. The number of esters is 1. The van der Waals surface area contributed by atoms with Gasteiger partial charge in [0.1, 0.15) is 11.4 Å². The van der Waals surface area contributed by atoms with Crippen LogP contribution in [-0.4, -0.2) is 42.6 Å². The topological polar surface area (TPSA) is 98.9 Å². The average Bonchev–Trinajstić information content (AvgIpc) is 3.44. The fraction of sp³-hybridized carbons (Fsp3) is 0.542. The molecule has 174 valence electrons. The minimum atomic E-state index is -1.57. The maximum absolute atomic E-state index is 15.1. The first-order valence-electron chi connectivity index (χ1n) is 10.6. The molecule has 1 fully saturated rings. The first-order valence-corrected chi connectivity index (χ1v) is 10.6. The van der Waals surface area contributed by atoms with E-state index in [1.165, 1.54) is 31.2 Å². The summed E-state index contributed by atoms with van der Waals surface area (Å²) in [5.41, 5.74) is 3.27. The van der Waals surface area contributed by atoms with Crippen LogP contribution in [0.25, 0.3) is 0 Å². The predicted octanol–water partition coefficient (Wildman–Crippen LogP) is 3.33. The largest absolute Gasteiger partial charge is 0.467 e. The molecule has 0 aliphatic heterocycles. The number of amides is 2. The third-order valence-corrected chi connectivity index (χ3v) is 6.54. The summed E-state index contributed by atoms with van der Waals surface area (Å²) >= 11 is 0. The van der Waals surface area contributed by atoms with E-state index in [4.69, 9.17) is 15.2 Å². The van der Waals surface area contributed by atoms with Crippen LogP contribution < -0.4 is 5.73 Å². The van der Waals surface area contributed by atoms with E-state index in [1.807, 2.05) is 0 Å². The lowest BCUT2D eigenvalue weighted by atomic mass is 9.79. The van der Waals surface area contributed by atoms with Crippen molar-refractivity contribution in [2.45, 2.75) is 63.0 Å². The van der Waals surface area contributed by atoms with Gasteiger partial charge in [0.25, 0.3) is 0 Å². The molecule has 1 saturated carbocycles. The highest BCUT2D eigenvalue weighted by atomic mass is 19.1. The van der Waals surface area contributed by atoms with Crippen LogP contribution in [0.5, 0.6) is 0 Å². The van der Waals surface area contributed by atoms with Crippen molar-refractivity contribution in [3.63, 3.8) is 0 Å². The standard InChI is InChI=1S/C24H31FN2O5/c1-7-8-15-11-14-12-18(25)17(23(9-10-23)19(26)28)13-16(14)24(15,20(29)31-6)27(5)21(30)32-22(2,3)4/h7,12-13,15H,1,8-11H2,2-6H3,(H2,26,28)/t15-,24+/m0/s1. The van der Waals surface area contributed by atoms with Gasteiger partial charge in [-0.25, -0.2) is 14.0 Å². The minimum Gasteiger partial charge on any atom is -0.467 e. The predicted molar refractivity (Wildman–Crippen MR) is 116 cm³/mol. The highest BCUT2D eigenvalue weighted by Gasteiger charge is 2.60. The fourth-order valence-electron chi connectivity index (χ4n) is 4.86. The zero-order chi connectivity index (χ0) is 24.1. The quantitative estimate of drug-likeness (QED) is 0.534.